The number of carbonyl (C=O) groups excluding carboxylic acids is 1. The Hall–Kier alpha value is -1.35. The molecule has 0 bridgehead atoms. The summed E-state index contributed by atoms with van der Waals surface area (Å²) in [5.74, 6) is 2.00. The number of likely N-dealkylation sites (tertiary alicyclic amines) is 1. The number of para-hydroxylation sites is 1. The van der Waals surface area contributed by atoms with Crippen LogP contribution in [0.25, 0.3) is 0 Å². The van der Waals surface area contributed by atoms with Gasteiger partial charge in [-0.15, -0.1) is 0 Å². The first kappa shape index (κ1) is 17.0. The summed E-state index contributed by atoms with van der Waals surface area (Å²) in [5, 5.41) is 3.18. The zero-order valence-corrected chi connectivity index (χ0v) is 14.7. The summed E-state index contributed by atoms with van der Waals surface area (Å²) in [5.41, 5.74) is 3.39. The number of hydrogen-bond donors (Lipinski definition) is 2. The van der Waals surface area contributed by atoms with Gasteiger partial charge in [-0.05, 0) is 30.4 Å². The van der Waals surface area contributed by atoms with E-state index in [-0.39, 0.29) is 5.91 Å². The molecule has 1 aliphatic rings. The van der Waals surface area contributed by atoms with E-state index in [1.54, 1.807) is 0 Å². The number of nitrogens with one attached hydrogen (secondary N) is 2. The molecule has 0 saturated carbocycles. The van der Waals surface area contributed by atoms with Gasteiger partial charge in [0.1, 0.15) is 0 Å². The van der Waals surface area contributed by atoms with Gasteiger partial charge in [0.25, 0.3) is 5.91 Å². The molecule has 0 aliphatic carbocycles. The number of aryl methyl sites for hydroxylation is 1. The Morgan fingerprint density at radius 2 is 1.91 bits per heavy atom. The maximum atomic E-state index is 12.5. The summed E-state index contributed by atoms with van der Waals surface area (Å²) in [6, 6.07) is 6.25. The van der Waals surface area contributed by atoms with E-state index < -0.39 is 0 Å². The smallest absolute Gasteiger partial charge is 0.279 e. The molecule has 0 aromatic heterocycles. The standard InChI is InChI=1S/C19H30N2O/c1-13(2)17-8-6-7-16(5)19(17)20-18(22)12-21-10-14(3)9-15(4)11-21/h6-8,13-15H,9-12H2,1-5H3,(H,20,22)/p+1/t14-,15+. The van der Waals surface area contributed by atoms with E-state index >= 15 is 0 Å². The Bertz CT molecular complexity index is 514. The highest BCUT2D eigenvalue weighted by molar-refractivity contribution is 5.93. The molecule has 2 rings (SSSR count). The average molecular weight is 303 g/mol. The van der Waals surface area contributed by atoms with Crippen molar-refractivity contribution >= 4 is 11.6 Å². The molecule has 3 atom stereocenters. The first-order valence-electron chi connectivity index (χ1n) is 8.59. The first-order valence-corrected chi connectivity index (χ1v) is 8.59. The Kier molecular flexibility index (Phi) is 5.63. The number of carbonyl (C=O) groups is 1. The van der Waals surface area contributed by atoms with Crippen LogP contribution in [0.5, 0.6) is 0 Å². The largest absolute Gasteiger partial charge is 0.327 e. The number of amides is 1. The minimum atomic E-state index is 0.146. The molecular formula is C19H31N2O+. The number of piperidine rings is 1. The third-order valence-corrected chi connectivity index (χ3v) is 4.68. The van der Waals surface area contributed by atoms with Gasteiger partial charge in [0.15, 0.2) is 6.54 Å². The fourth-order valence-electron chi connectivity index (χ4n) is 3.82. The van der Waals surface area contributed by atoms with Crippen molar-refractivity contribution in [2.45, 2.75) is 47.0 Å². The van der Waals surface area contributed by atoms with Gasteiger partial charge in [0.2, 0.25) is 0 Å². The van der Waals surface area contributed by atoms with Gasteiger partial charge in [0.05, 0.1) is 13.1 Å². The van der Waals surface area contributed by atoms with Crippen molar-refractivity contribution in [1.29, 1.82) is 0 Å². The van der Waals surface area contributed by atoms with Gasteiger partial charge < -0.3 is 10.2 Å². The molecule has 1 amide bonds. The molecule has 3 nitrogen and oxygen atoms in total. The van der Waals surface area contributed by atoms with Gasteiger partial charge in [-0.1, -0.05) is 45.9 Å². The first-order chi connectivity index (χ1) is 10.4. The minimum Gasteiger partial charge on any atom is -0.327 e. The molecule has 1 heterocycles. The zero-order valence-electron chi connectivity index (χ0n) is 14.7. The molecule has 2 N–H and O–H groups in total. The quantitative estimate of drug-likeness (QED) is 0.881. The van der Waals surface area contributed by atoms with E-state index in [4.69, 9.17) is 0 Å². The van der Waals surface area contributed by atoms with E-state index in [1.165, 1.54) is 16.9 Å². The molecule has 0 spiro atoms. The Balaban J connectivity index is 2.03. The maximum absolute atomic E-state index is 12.5. The molecule has 0 radical (unpaired) electrons. The lowest BCUT2D eigenvalue weighted by atomic mass is 9.92. The van der Waals surface area contributed by atoms with Crippen LogP contribution in [0.2, 0.25) is 0 Å². The van der Waals surface area contributed by atoms with Crippen LogP contribution in [0.3, 0.4) is 0 Å². The van der Waals surface area contributed by atoms with Crippen LogP contribution in [0.4, 0.5) is 5.69 Å². The Labute approximate surface area is 135 Å². The van der Waals surface area contributed by atoms with Crippen LogP contribution in [-0.2, 0) is 4.79 Å². The summed E-state index contributed by atoms with van der Waals surface area (Å²) in [4.78, 5) is 13.9. The van der Waals surface area contributed by atoms with Crippen molar-refractivity contribution in [2.75, 3.05) is 25.0 Å². The van der Waals surface area contributed by atoms with E-state index in [0.29, 0.717) is 12.5 Å². The van der Waals surface area contributed by atoms with Crippen LogP contribution < -0.4 is 10.2 Å². The van der Waals surface area contributed by atoms with E-state index in [1.807, 2.05) is 0 Å². The monoisotopic (exact) mass is 303 g/mol. The third-order valence-electron chi connectivity index (χ3n) is 4.68. The second-order valence-electron chi connectivity index (χ2n) is 7.52. The van der Waals surface area contributed by atoms with Gasteiger partial charge in [-0.3, -0.25) is 4.79 Å². The molecule has 3 heteroatoms. The Morgan fingerprint density at radius 3 is 2.50 bits per heavy atom. The second kappa shape index (κ2) is 7.28. The van der Waals surface area contributed by atoms with Crippen LogP contribution in [0, 0.1) is 18.8 Å². The summed E-state index contributed by atoms with van der Waals surface area (Å²) in [6.45, 7) is 13.8. The predicted octanol–water partition coefficient (Wildman–Crippen LogP) is 2.62. The van der Waals surface area contributed by atoms with E-state index in [2.05, 4.69) is 58.1 Å². The number of anilines is 1. The van der Waals surface area contributed by atoms with Gasteiger partial charge in [-0.2, -0.15) is 0 Å². The Morgan fingerprint density at radius 1 is 1.27 bits per heavy atom. The zero-order chi connectivity index (χ0) is 16.3. The SMILES string of the molecule is Cc1cccc(C(C)C)c1NC(=O)C[NH+]1C[C@H](C)C[C@H](C)C1. The fraction of sp³-hybridized carbons (Fsp3) is 0.632. The molecule has 1 saturated heterocycles. The lowest BCUT2D eigenvalue weighted by Gasteiger charge is -2.31. The van der Waals surface area contributed by atoms with E-state index in [0.717, 1.165) is 36.2 Å². The van der Waals surface area contributed by atoms with Crippen molar-refractivity contribution in [3.8, 4) is 0 Å². The van der Waals surface area contributed by atoms with Gasteiger partial charge >= 0.3 is 0 Å². The van der Waals surface area contributed by atoms with Crippen molar-refractivity contribution in [1.82, 2.24) is 0 Å². The van der Waals surface area contributed by atoms with Crippen molar-refractivity contribution in [3.05, 3.63) is 29.3 Å². The van der Waals surface area contributed by atoms with Gasteiger partial charge in [0, 0.05) is 17.5 Å². The van der Waals surface area contributed by atoms with Crippen LogP contribution in [-0.4, -0.2) is 25.5 Å². The van der Waals surface area contributed by atoms with Gasteiger partial charge in [-0.25, -0.2) is 0 Å². The van der Waals surface area contributed by atoms with Crippen LogP contribution in [0.15, 0.2) is 18.2 Å². The van der Waals surface area contributed by atoms with Crippen molar-refractivity contribution in [2.24, 2.45) is 11.8 Å². The molecular weight excluding hydrogens is 272 g/mol. The summed E-state index contributed by atoms with van der Waals surface area (Å²) >= 11 is 0. The maximum Gasteiger partial charge on any atom is 0.279 e. The van der Waals surface area contributed by atoms with Crippen LogP contribution >= 0.6 is 0 Å². The number of rotatable bonds is 4. The second-order valence-corrected chi connectivity index (χ2v) is 7.52. The third kappa shape index (κ3) is 4.33. The highest BCUT2D eigenvalue weighted by Crippen LogP contribution is 2.27. The molecule has 1 aliphatic heterocycles. The molecule has 122 valence electrons. The number of quaternary nitrogens is 1. The lowest BCUT2D eigenvalue weighted by molar-refractivity contribution is -0.904. The topological polar surface area (TPSA) is 33.5 Å². The summed E-state index contributed by atoms with van der Waals surface area (Å²) in [7, 11) is 0. The highest BCUT2D eigenvalue weighted by atomic mass is 16.2. The normalized spacial score (nSPS) is 25.3. The molecule has 1 aromatic carbocycles. The number of hydrogen-bond acceptors (Lipinski definition) is 1. The summed E-state index contributed by atoms with van der Waals surface area (Å²) in [6.07, 6.45) is 1.29. The summed E-state index contributed by atoms with van der Waals surface area (Å²) < 4.78 is 0. The van der Waals surface area contributed by atoms with E-state index in [9.17, 15) is 4.79 Å². The van der Waals surface area contributed by atoms with Crippen molar-refractivity contribution in [3.63, 3.8) is 0 Å². The highest BCUT2D eigenvalue weighted by Gasteiger charge is 2.27. The average Bonchev–Trinajstić information content (AvgIpc) is 2.39. The lowest BCUT2D eigenvalue weighted by Crippen LogP contribution is -3.15. The molecule has 22 heavy (non-hydrogen) atoms. The molecule has 1 fully saturated rings. The fourth-order valence-corrected chi connectivity index (χ4v) is 3.82. The molecule has 1 aromatic rings. The number of benzene rings is 1. The minimum absolute atomic E-state index is 0.146. The van der Waals surface area contributed by atoms with Crippen LogP contribution in [0.1, 0.15) is 51.2 Å². The predicted molar refractivity (Wildman–Crippen MR) is 92.4 cm³/mol. The molecule has 1 unspecified atom stereocenters. The van der Waals surface area contributed by atoms with Crippen molar-refractivity contribution < 1.29 is 9.69 Å².